The fraction of sp³-hybridized carbons (Fsp3) is 0.692. The predicted molar refractivity (Wildman–Crippen MR) is 75.8 cm³/mol. The van der Waals surface area contributed by atoms with Gasteiger partial charge in [0.25, 0.3) is 0 Å². The van der Waals surface area contributed by atoms with Crippen molar-refractivity contribution in [3.8, 4) is 0 Å². The van der Waals surface area contributed by atoms with Gasteiger partial charge in [-0.2, -0.15) is 0 Å². The van der Waals surface area contributed by atoms with Crippen LogP contribution in [0.2, 0.25) is 0 Å². The third kappa shape index (κ3) is 3.72. The Balaban J connectivity index is 2.14. The maximum absolute atomic E-state index is 12.3. The number of imidazole rings is 1. The number of hydrogen-bond donors (Lipinski definition) is 1. The number of piperidine rings is 1. The second-order valence-corrected chi connectivity index (χ2v) is 6.66. The van der Waals surface area contributed by atoms with Crippen molar-refractivity contribution in [1.82, 2.24) is 14.9 Å². The maximum Gasteiger partial charge on any atom is 0.410 e. The van der Waals surface area contributed by atoms with E-state index in [4.69, 9.17) is 4.74 Å². The first kappa shape index (κ1) is 14.4. The van der Waals surface area contributed by atoms with E-state index in [9.17, 15) is 4.79 Å². The molecule has 1 N–H and O–H groups in total. The van der Waals surface area contributed by atoms with Crippen LogP contribution in [0.4, 0.5) is 4.79 Å². The minimum absolute atomic E-state index is 0.0186. The van der Waals surface area contributed by atoms with Crippen LogP contribution in [0.15, 0.2) is 10.8 Å². The molecule has 1 fully saturated rings. The summed E-state index contributed by atoms with van der Waals surface area (Å²) in [6.07, 6.45) is 4.49. The van der Waals surface area contributed by atoms with Crippen molar-refractivity contribution in [1.29, 1.82) is 0 Å². The SMILES string of the molecule is CC(C)(C)OC(=O)N1CCCCC1c1ncc(Br)[nH]1. The number of aromatic nitrogens is 2. The molecule has 0 aromatic carbocycles. The fourth-order valence-electron chi connectivity index (χ4n) is 2.24. The van der Waals surface area contributed by atoms with Crippen molar-refractivity contribution < 1.29 is 9.53 Å². The Morgan fingerprint density at radius 2 is 2.26 bits per heavy atom. The van der Waals surface area contributed by atoms with Gasteiger partial charge in [0.1, 0.15) is 16.0 Å². The first-order chi connectivity index (χ1) is 8.87. The van der Waals surface area contributed by atoms with E-state index >= 15 is 0 Å². The average molecular weight is 330 g/mol. The van der Waals surface area contributed by atoms with Gasteiger partial charge in [-0.15, -0.1) is 0 Å². The molecule has 2 heterocycles. The molecule has 1 aliphatic heterocycles. The summed E-state index contributed by atoms with van der Waals surface area (Å²) < 4.78 is 6.30. The highest BCUT2D eigenvalue weighted by molar-refractivity contribution is 9.10. The Kier molecular flexibility index (Phi) is 4.18. The molecule has 0 spiro atoms. The number of nitrogens with one attached hydrogen (secondary N) is 1. The minimum Gasteiger partial charge on any atom is -0.444 e. The summed E-state index contributed by atoms with van der Waals surface area (Å²) in [4.78, 5) is 21.5. The molecule has 0 saturated carbocycles. The average Bonchev–Trinajstić information content (AvgIpc) is 2.73. The number of nitrogens with zero attached hydrogens (tertiary/aromatic N) is 2. The quantitative estimate of drug-likeness (QED) is 0.855. The van der Waals surface area contributed by atoms with Gasteiger partial charge in [0.05, 0.1) is 12.2 Å². The Hall–Kier alpha value is -1.04. The molecule has 1 aromatic rings. The molecule has 2 rings (SSSR count). The highest BCUT2D eigenvalue weighted by atomic mass is 79.9. The summed E-state index contributed by atoms with van der Waals surface area (Å²) in [6.45, 7) is 6.37. The lowest BCUT2D eigenvalue weighted by atomic mass is 10.0. The zero-order valence-electron chi connectivity index (χ0n) is 11.6. The van der Waals surface area contributed by atoms with Gasteiger partial charge in [-0.25, -0.2) is 9.78 Å². The van der Waals surface area contributed by atoms with E-state index in [0.717, 1.165) is 36.2 Å². The van der Waals surface area contributed by atoms with Gasteiger partial charge in [-0.3, -0.25) is 4.90 Å². The molecular formula is C13H20BrN3O2. The number of H-pyrrole nitrogens is 1. The van der Waals surface area contributed by atoms with Crippen molar-refractivity contribution in [3.05, 3.63) is 16.6 Å². The van der Waals surface area contributed by atoms with Crippen molar-refractivity contribution in [2.75, 3.05) is 6.54 Å². The van der Waals surface area contributed by atoms with E-state index in [0.29, 0.717) is 0 Å². The molecular weight excluding hydrogens is 310 g/mol. The Morgan fingerprint density at radius 3 is 2.84 bits per heavy atom. The number of halogens is 1. The highest BCUT2D eigenvalue weighted by Gasteiger charge is 2.32. The first-order valence-electron chi connectivity index (χ1n) is 6.57. The number of carbonyl (C=O) groups excluding carboxylic acids is 1. The van der Waals surface area contributed by atoms with E-state index < -0.39 is 5.60 Å². The number of rotatable bonds is 1. The summed E-state index contributed by atoms with van der Waals surface area (Å²) in [6, 6.07) is -0.0186. The van der Waals surface area contributed by atoms with Gasteiger partial charge in [0.15, 0.2) is 0 Å². The lowest BCUT2D eigenvalue weighted by Crippen LogP contribution is -2.42. The molecule has 0 radical (unpaired) electrons. The van der Waals surface area contributed by atoms with Crippen LogP contribution >= 0.6 is 15.9 Å². The Bertz CT molecular complexity index is 453. The normalized spacial score (nSPS) is 20.4. The number of amides is 1. The third-order valence-corrected chi connectivity index (χ3v) is 3.41. The lowest BCUT2D eigenvalue weighted by Gasteiger charge is -2.35. The van der Waals surface area contributed by atoms with Crippen molar-refractivity contribution >= 4 is 22.0 Å². The van der Waals surface area contributed by atoms with Gasteiger partial charge >= 0.3 is 6.09 Å². The van der Waals surface area contributed by atoms with Crippen LogP contribution in [0.1, 0.15) is 51.9 Å². The first-order valence-corrected chi connectivity index (χ1v) is 7.36. The van der Waals surface area contributed by atoms with Crippen LogP contribution in [0.25, 0.3) is 0 Å². The van der Waals surface area contributed by atoms with Gasteiger partial charge in [-0.1, -0.05) is 0 Å². The van der Waals surface area contributed by atoms with Crippen LogP contribution in [0, 0.1) is 0 Å². The zero-order chi connectivity index (χ0) is 14.0. The van der Waals surface area contributed by atoms with E-state index in [1.165, 1.54) is 0 Å². The molecule has 1 aliphatic rings. The topological polar surface area (TPSA) is 58.2 Å². The van der Waals surface area contributed by atoms with Gasteiger partial charge in [-0.05, 0) is 56.0 Å². The predicted octanol–water partition coefficient (Wildman–Crippen LogP) is 3.63. The maximum atomic E-state index is 12.3. The summed E-state index contributed by atoms with van der Waals surface area (Å²) in [5.74, 6) is 0.817. The van der Waals surface area contributed by atoms with E-state index in [2.05, 4.69) is 25.9 Å². The van der Waals surface area contributed by atoms with Crippen LogP contribution in [-0.2, 0) is 4.74 Å². The summed E-state index contributed by atoms with van der Waals surface area (Å²) >= 11 is 3.35. The van der Waals surface area contributed by atoms with Gasteiger partial charge < -0.3 is 9.72 Å². The van der Waals surface area contributed by atoms with E-state index in [1.807, 2.05) is 20.8 Å². The van der Waals surface area contributed by atoms with Crippen LogP contribution < -0.4 is 0 Å². The largest absolute Gasteiger partial charge is 0.444 e. The third-order valence-electron chi connectivity index (χ3n) is 3.01. The molecule has 106 valence electrons. The highest BCUT2D eigenvalue weighted by Crippen LogP contribution is 2.31. The van der Waals surface area contributed by atoms with Gasteiger partial charge in [0.2, 0.25) is 0 Å². The van der Waals surface area contributed by atoms with E-state index in [1.54, 1.807) is 11.1 Å². The molecule has 19 heavy (non-hydrogen) atoms. The molecule has 1 aromatic heterocycles. The Labute approximate surface area is 121 Å². The molecule has 6 heteroatoms. The number of hydrogen-bond acceptors (Lipinski definition) is 3. The Morgan fingerprint density at radius 1 is 1.53 bits per heavy atom. The number of aromatic amines is 1. The second-order valence-electron chi connectivity index (χ2n) is 5.80. The molecule has 1 saturated heterocycles. The van der Waals surface area contributed by atoms with Crippen molar-refractivity contribution in [2.45, 2.75) is 51.7 Å². The molecule has 0 aliphatic carbocycles. The number of carbonyl (C=O) groups is 1. The number of ether oxygens (including phenoxy) is 1. The van der Waals surface area contributed by atoms with Crippen molar-refractivity contribution in [3.63, 3.8) is 0 Å². The van der Waals surface area contributed by atoms with Crippen LogP contribution in [0.3, 0.4) is 0 Å². The molecule has 1 atom stereocenters. The smallest absolute Gasteiger partial charge is 0.410 e. The van der Waals surface area contributed by atoms with E-state index in [-0.39, 0.29) is 12.1 Å². The van der Waals surface area contributed by atoms with Gasteiger partial charge in [0, 0.05) is 6.54 Å². The molecule has 5 nitrogen and oxygen atoms in total. The molecule has 0 bridgehead atoms. The summed E-state index contributed by atoms with van der Waals surface area (Å²) in [7, 11) is 0. The van der Waals surface area contributed by atoms with Crippen molar-refractivity contribution in [2.24, 2.45) is 0 Å². The number of likely N-dealkylation sites (tertiary alicyclic amines) is 1. The van der Waals surface area contributed by atoms with Crippen LogP contribution in [0.5, 0.6) is 0 Å². The zero-order valence-corrected chi connectivity index (χ0v) is 13.2. The second kappa shape index (κ2) is 5.53. The minimum atomic E-state index is -0.469. The monoisotopic (exact) mass is 329 g/mol. The molecule has 1 unspecified atom stereocenters. The molecule has 1 amide bonds. The lowest BCUT2D eigenvalue weighted by molar-refractivity contribution is 0.00853. The fourth-order valence-corrected chi connectivity index (χ4v) is 2.54. The van der Waals surface area contributed by atoms with Crippen LogP contribution in [-0.4, -0.2) is 33.1 Å². The summed E-state index contributed by atoms with van der Waals surface area (Å²) in [5, 5.41) is 0. The summed E-state index contributed by atoms with van der Waals surface area (Å²) in [5.41, 5.74) is -0.469. The standard InChI is InChI=1S/C13H20BrN3O2/c1-13(2,3)19-12(18)17-7-5-4-6-9(17)11-15-8-10(14)16-11/h8-9H,4-7H2,1-3H3,(H,15,16).